The summed E-state index contributed by atoms with van der Waals surface area (Å²) in [5, 5.41) is 4.52. The highest BCUT2D eigenvalue weighted by atomic mass is 35.5. The minimum absolute atomic E-state index is 0.0253. The van der Waals surface area contributed by atoms with Gasteiger partial charge in [0.15, 0.2) is 5.78 Å². The number of anilines is 2. The van der Waals surface area contributed by atoms with E-state index in [0.717, 1.165) is 55.5 Å². The van der Waals surface area contributed by atoms with E-state index in [2.05, 4.69) is 36.2 Å². The van der Waals surface area contributed by atoms with Crippen LogP contribution in [0, 0.1) is 5.41 Å². The maximum absolute atomic E-state index is 13.7. The molecule has 0 radical (unpaired) electrons. The minimum atomic E-state index is -0.648. The second kappa shape index (κ2) is 9.82. The molecule has 1 unspecified atom stereocenters. The largest absolute Gasteiger partial charge is 0.379 e. The first kappa shape index (κ1) is 25.3. The zero-order valence-corrected chi connectivity index (χ0v) is 22.4. The molecule has 0 spiro atoms. The highest BCUT2D eigenvalue weighted by Gasteiger charge is 2.43. The van der Waals surface area contributed by atoms with Gasteiger partial charge in [0, 0.05) is 54.3 Å². The van der Waals surface area contributed by atoms with Crippen LogP contribution < -0.4 is 10.2 Å². The van der Waals surface area contributed by atoms with Gasteiger partial charge in [-0.25, -0.2) is 0 Å². The summed E-state index contributed by atoms with van der Waals surface area (Å²) < 4.78 is 5.49. The predicted octanol–water partition coefficient (Wildman–Crippen LogP) is 5.99. The third-order valence-electron chi connectivity index (χ3n) is 7.16. The molecule has 1 aliphatic carbocycles. The third-order valence-corrected chi connectivity index (χ3v) is 7.73. The lowest BCUT2D eigenvalue weighted by molar-refractivity contribution is -0.118. The number of nitrogens with zero attached hydrogens (tertiary/aromatic N) is 2. The number of benzene rings is 2. The van der Waals surface area contributed by atoms with Gasteiger partial charge in [-0.3, -0.25) is 19.4 Å². The van der Waals surface area contributed by atoms with Gasteiger partial charge in [-0.05, 0) is 47.2 Å². The maximum Gasteiger partial charge on any atom is 0.224 e. The van der Waals surface area contributed by atoms with Crippen molar-refractivity contribution in [3.05, 3.63) is 68.8 Å². The van der Waals surface area contributed by atoms with Gasteiger partial charge in [-0.15, -0.1) is 0 Å². The quantitative estimate of drug-likeness (QED) is 0.531. The number of allylic oxidation sites excluding steroid dienone is 1. The molecule has 1 saturated heterocycles. The first-order valence-electron chi connectivity index (χ1n) is 12.3. The summed E-state index contributed by atoms with van der Waals surface area (Å²) in [5.74, 6) is -0.140. The van der Waals surface area contributed by atoms with Crippen molar-refractivity contribution in [1.29, 1.82) is 0 Å². The molecule has 6 nitrogen and oxygen atoms in total. The molecule has 2 aromatic rings. The number of carbonyl (C=O) groups is 2. The molecule has 0 bridgehead atoms. The molecule has 1 fully saturated rings. The highest BCUT2D eigenvalue weighted by molar-refractivity contribution is 6.35. The van der Waals surface area contributed by atoms with E-state index in [9.17, 15) is 9.59 Å². The zero-order valence-electron chi connectivity index (χ0n) is 20.9. The lowest BCUT2D eigenvalue weighted by Gasteiger charge is -2.37. The number of Topliss-reactive ketones (excluding diaryl/α,β-unsaturated/α-hetero) is 1. The summed E-state index contributed by atoms with van der Waals surface area (Å²) in [5.41, 5.74) is 4.61. The first-order valence-corrected chi connectivity index (χ1v) is 13.1. The van der Waals surface area contributed by atoms with Gasteiger partial charge in [-0.1, -0.05) is 49.2 Å². The normalized spacial score (nSPS) is 22.0. The number of rotatable bonds is 3. The number of hydrogen-bond donors (Lipinski definition) is 1. The van der Waals surface area contributed by atoms with Crippen LogP contribution in [0.25, 0.3) is 0 Å². The highest BCUT2D eigenvalue weighted by Crippen LogP contribution is 2.49. The molecule has 2 aliphatic heterocycles. The molecular weight excluding hydrogens is 497 g/mol. The standard InChI is InChI=1S/C28H31Cl2N3O3/c1-17(34)33-24-7-4-18(16-32-8-10-36-11-9-32)12-22(24)31-23-14-28(2,3)15-25(35)26(23)27(33)20-6-5-19(29)13-21(20)30/h4-7,12-13,27,31H,8-11,14-16H2,1-3H3. The van der Waals surface area contributed by atoms with Crippen molar-refractivity contribution in [3.63, 3.8) is 0 Å². The molecule has 1 N–H and O–H groups in total. The van der Waals surface area contributed by atoms with Crippen molar-refractivity contribution in [2.45, 2.75) is 46.2 Å². The van der Waals surface area contributed by atoms with Crippen LogP contribution in [0.3, 0.4) is 0 Å². The number of ketones is 1. The monoisotopic (exact) mass is 527 g/mol. The molecule has 3 aliphatic rings. The molecule has 36 heavy (non-hydrogen) atoms. The van der Waals surface area contributed by atoms with Gasteiger partial charge in [0.05, 0.1) is 30.6 Å². The van der Waals surface area contributed by atoms with E-state index in [0.29, 0.717) is 34.0 Å². The molecule has 5 rings (SSSR count). The summed E-state index contributed by atoms with van der Waals surface area (Å²) in [7, 11) is 0. The average Bonchev–Trinajstić information content (AvgIpc) is 2.93. The van der Waals surface area contributed by atoms with Crippen LogP contribution in [0.4, 0.5) is 11.4 Å². The van der Waals surface area contributed by atoms with Gasteiger partial charge >= 0.3 is 0 Å². The van der Waals surface area contributed by atoms with E-state index in [1.54, 1.807) is 17.0 Å². The van der Waals surface area contributed by atoms with Gasteiger partial charge in [0.1, 0.15) is 0 Å². The Hall–Kier alpha value is -2.38. The van der Waals surface area contributed by atoms with E-state index in [4.69, 9.17) is 27.9 Å². The maximum atomic E-state index is 13.7. The number of fused-ring (bicyclic) bond motifs is 1. The number of nitrogens with one attached hydrogen (secondary N) is 1. The molecule has 2 heterocycles. The molecule has 1 amide bonds. The fraction of sp³-hybridized carbons (Fsp3) is 0.429. The Labute approximate surface area is 222 Å². The summed E-state index contributed by atoms with van der Waals surface area (Å²) in [6.45, 7) is 9.77. The Morgan fingerprint density at radius 2 is 1.86 bits per heavy atom. The predicted molar refractivity (Wildman–Crippen MR) is 144 cm³/mol. The number of hydrogen-bond acceptors (Lipinski definition) is 5. The average molecular weight is 528 g/mol. The van der Waals surface area contributed by atoms with Crippen LogP contribution in [0.5, 0.6) is 0 Å². The number of carbonyl (C=O) groups excluding carboxylic acids is 2. The topological polar surface area (TPSA) is 61.9 Å². The molecule has 1 atom stereocenters. The summed E-state index contributed by atoms with van der Waals surface area (Å²) in [6.07, 6.45) is 1.09. The molecule has 190 valence electrons. The van der Waals surface area contributed by atoms with Gasteiger partial charge in [0.25, 0.3) is 0 Å². The van der Waals surface area contributed by atoms with Crippen molar-refractivity contribution in [2.24, 2.45) is 5.41 Å². The third kappa shape index (κ3) is 4.92. The zero-order chi connectivity index (χ0) is 25.6. The van der Waals surface area contributed by atoms with Crippen molar-refractivity contribution >= 4 is 46.3 Å². The number of halogens is 2. The SMILES string of the molecule is CC(=O)N1c2ccc(CN3CCOCC3)cc2NC2=C(C(=O)CC(C)(C)C2)C1c1ccc(Cl)cc1Cl. The molecule has 2 aromatic carbocycles. The Balaban J connectivity index is 1.67. The smallest absolute Gasteiger partial charge is 0.224 e. The van der Waals surface area contributed by atoms with Crippen molar-refractivity contribution < 1.29 is 14.3 Å². The summed E-state index contributed by atoms with van der Waals surface area (Å²) in [6, 6.07) is 10.7. The lowest BCUT2D eigenvalue weighted by Crippen LogP contribution is -2.38. The van der Waals surface area contributed by atoms with Crippen molar-refractivity contribution in [1.82, 2.24) is 4.90 Å². The van der Waals surface area contributed by atoms with Crippen LogP contribution in [-0.2, 0) is 20.9 Å². The van der Waals surface area contributed by atoms with E-state index < -0.39 is 6.04 Å². The Morgan fingerprint density at radius 3 is 2.56 bits per heavy atom. The Kier molecular flexibility index (Phi) is 6.90. The Bertz CT molecular complexity index is 1250. The van der Waals surface area contributed by atoms with E-state index in [-0.39, 0.29) is 17.1 Å². The van der Waals surface area contributed by atoms with Crippen LogP contribution in [0.1, 0.15) is 50.8 Å². The molecule has 0 aromatic heterocycles. The molecule has 8 heteroatoms. The second-order valence-electron chi connectivity index (χ2n) is 10.7. The molecule has 0 saturated carbocycles. The van der Waals surface area contributed by atoms with E-state index in [1.807, 2.05) is 12.1 Å². The summed E-state index contributed by atoms with van der Waals surface area (Å²) >= 11 is 12.9. The second-order valence-corrected chi connectivity index (χ2v) is 11.5. The van der Waals surface area contributed by atoms with Gasteiger partial charge in [-0.2, -0.15) is 0 Å². The molecular formula is C28H31Cl2N3O3. The number of ether oxygens (including phenoxy) is 1. The van der Waals surface area contributed by atoms with Gasteiger partial charge < -0.3 is 10.1 Å². The summed E-state index contributed by atoms with van der Waals surface area (Å²) in [4.78, 5) is 31.0. The van der Waals surface area contributed by atoms with Crippen molar-refractivity contribution in [3.8, 4) is 0 Å². The fourth-order valence-electron chi connectivity index (χ4n) is 5.57. The van der Waals surface area contributed by atoms with E-state index >= 15 is 0 Å². The van der Waals surface area contributed by atoms with Crippen molar-refractivity contribution in [2.75, 3.05) is 36.5 Å². The lowest BCUT2D eigenvalue weighted by atomic mass is 9.73. The number of morpholine rings is 1. The number of amides is 1. The van der Waals surface area contributed by atoms with Crippen LogP contribution in [0.2, 0.25) is 10.0 Å². The van der Waals surface area contributed by atoms with Crippen LogP contribution >= 0.6 is 23.2 Å². The van der Waals surface area contributed by atoms with E-state index in [1.165, 1.54) is 6.92 Å². The van der Waals surface area contributed by atoms with Crippen LogP contribution in [0.15, 0.2) is 47.7 Å². The fourth-order valence-corrected chi connectivity index (χ4v) is 6.08. The first-order chi connectivity index (χ1) is 17.1. The Morgan fingerprint density at radius 1 is 1.11 bits per heavy atom. The van der Waals surface area contributed by atoms with Crippen LogP contribution in [-0.4, -0.2) is 42.9 Å². The van der Waals surface area contributed by atoms with Gasteiger partial charge in [0.2, 0.25) is 5.91 Å². The minimum Gasteiger partial charge on any atom is -0.379 e.